The van der Waals surface area contributed by atoms with Crippen LogP contribution < -0.4 is 16.8 Å². The molecule has 7 nitrogen and oxygen atoms in total. The SMILES string of the molecule is Cc1ccc(CNC(=O)c2sc3nc(N)c(C#N)c(-c4ccco4)c3c2N)cc1. The Kier molecular flexibility index (Phi) is 4.66. The smallest absolute Gasteiger partial charge is 0.263 e. The van der Waals surface area contributed by atoms with Crippen LogP contribution in [0.1, 0.15) is 26.4 Å². The zero-order valence-electron chi connectivity index (χ0n) is 15.5. The third kappa shape index (κ3) is 3.28. The highest BCUT2D eigenvalue weighted by Gasteiger charge is 2.25. The van der Waals surface area contributed by atoms with Gasteiger partial charge in [-0.15, -0.1) is 11.3 Å². The summed E-state index contributed by atoms with van der Waals surface area (Å²) in [5, 5.41) is 12.9. The molecule has 0 bridgehead atoms. The molecule has 29 heavy (non-hydrogen) atoms. The van der Waals surface area contributed by atoms with Crippen LogP contribution in [0.5, 0.6) is 0 Å². The lowest BCUT2D eigenvalue weighted by Gasteiger charge is -2.07. The Labute approximate surface area is 170 Å². The summed E-state index contributed by atoms with van der Waals surface area (Å²) >= 11 is 1.14. The van der Waals surface area contributed by atoms with Crippen LogP contribution in [0.25, 0.3) is 21.5 Å². The highest BCUT2D eigenvalue weighted by atomic mass is 32.1. The monoisotopic (exact) mass is 403 g/mol. The quantitative estimate of drug-likeness (QED) is 0.474. The van der Waals surface area contributed by atoms with E-state index < -0.39 is 0 Å². The zero-order chi connectivity index (χ0) is 20.5. The number of aromatic nitrogens is 1. The van der Waals surface area contributed by atoms with Crippen LogP contribution in [0, 0.1) is 18.3 Å². The van der Waals surface area contributed by atoms with Crippen LogP contribution in [0.15, 0.2) is 47.1 Å². The number of hydrogen-bond donors (Lipinski definition) is 3. The van der Waals surface area contributed by atoms with Crippen molar-refractivity contribution in [3.05, 3.63) is 64.2 Å². The maximum absolute atomic E-state index is 12.8. The standard InChI is InChI=1S/C21H17N5O2S/c1-11-4-6-12(7-5-11)10-25-20(27)18-17(23)16-15(14-3-2-8-28-14)13(9-22)19(24)26-21(16)29-18/h2-8H,10,23H2,1H3,(H2,24,26)(H,25,27). The molecule has 0 unspecified atom stereocenters. The third-order valence-corrected chi connectivity index (χ3v) is 5.66. The van der Waals surface area contributed by atoms with E-state index in [1.807, 2.05) is 31.2 Å². The number of nitrogens with two attached hydrogens (primary N) is 2. The van der Waals surface area contributed by atoms with Crippen LogP contribution in [-0.2, 0) is 6.54 Å². The van der Waals surface area contributed by atoms with E-state index >= 15 is 0 Å². The molecule has 144 valence electrons. The van der Waals surface area contributed by atoms with E-state index in [9.17, 15) is 10.1 Å². The van der Waals surface area contributed by atoms with Crippen molar-refractivity contribution in [3.63, 3.8) is 0 Å². The number of hydrogen-bond acceptors (Lipinski definition) is 7. The van der Waals surface area contributed by atoms with Gasteiger partial charge in [0.1, 0.15) is 32.9 Å². The van der Waals surface area contributed by atoms with Gasteiger partial charge in [-0.2, -0.15) is 5.26 Å². The van der Waals surface area contributed by atoms with E-state index in [0.29, 0.717) is 33.0 Å². The molecule has 0 atom stereocenters. The molecule has 0 spiro atoms. The summed E-state index contributed by atoms with van der Waals surface area (Å²) in [4.78, 5) is 17.9. The van der Waals surface area contributed by atoms with Crippen molar-refractivity contribution >= 4 is 39.0 Å². The number of rotatable bonds is 4. The fourth-order valence-electron chi connectivity index (χ4n) is 3.09. The molecule has 0 saturated carbocycles. The molecule has 0 saturated heterocycles. The van der Waals surface area contributed by atoms with Gasteiger partial charge in [-0.1, -0.05) is 29.8 Å². The molecule has 0 aliphatic rings. The van der Waals surface area contributed by atoms with Crippen molar-refractivity contribution in [1.29, 1.82) is 5.26 Å². The number of nitrogen functional groups attached to an aromatic ring is 2. The number of amides is 1. The fourth-order valence-corrected chi connectivity index (χ4v) is 4.12. The Balaban J connectivity index is 1.76. The molecule has 0 aliphatic heterocycles. The first-order valence-corrected chi connectivity index (χ1v) is 9.60. The van der Waals surface area contributed by atoms with Gasteiger partial charge in [-0.3, -0.25) is 4.79 Å². The van der Waals surface area contributed by atoms with Crippen LogP contribution in [0.2, 0.25) is 0 Å². The van der Waals surface area contributed by atoms with Crippen molar-refractivity contribution in [3.8, 4) is 17.4 Å². The van der Waals surface area contributed by atoms with Gasteiger partial charge in [0, 0.05) is 11.9 Å². The largest absolute Gasteiger partial charge is 0.464 e. The lowest BCUT2D eigenvalue weighted by molar-refractivity contribution is 0.0956. The summed E-state index contributed by atoms with van der Waals surface area (Å²) < 4.78 is 5.48. The van der Waals surface area contributed by atoms with Crippen molar-refractivity contribution in [2.45, 2.75) is 13.5 Å². The molecule has 8 heteroatoms. The minimum absolute atomic E-state index is 0.0688. The second-order valence-corrected chi connectivity index (χ2v) is 7.53. The summed E-state index contributed by atoms with van der Waals surface area (Å²) in [7, 11) is 0. The number of thiophene rings is 1. The molecule has 4 aromatic rings. The number of anilines is 2. The Hall–Kier alpha value is -3.83. The molecule has 1 amide bonds. The number of nitriles is 1. The van der Waals surface area contributed by atoms with Gasteiger partial charge in [-0.25, -0.2) is 4.98 Å². The Morgan fingerprint density at radius 2 is 2.03 bits per heavy atom. The van der Waals surface area contributed by atoms with Gasteiger partial charge in [0.2, 0.25) is 0 Å². The number of nitrogens with one attached hydrogen (secondary N) is 1. The Morgan fingerprint density at radius 3 is 2.69 bits per heavy atom. The first kappa shape index (κ1) is 18.5. The molecule has 0 fully saturated rings. The maximum atomic E-state index is 12.8. The van der Waals surface area contributed by atoms with E-state index in [2.05, 4.69) is 16.4 Å². The van der Waals surface area contributed by atoms with Gasteiger partial charge in [0.15, 0.2) is 0 Å². The highest BCUT2D eigenvalue weighted by molar-refractivity contribution is 7.21. The van der Waals surface area contributed by atoms with E-state index in [1.165, 1.54) is 6.26 Å². The van der Waals surface area contributed by atoms with Crippen LogP contribution >= 0.6 is 11.3 Å². The summed E-state index contributed by atoms with van der Waals surface area (Å²) in [5.41, 5.74) is 15.3. The number of carbonyl (C=O) groups excluding carboxylic acids is 1. The molecule has 5 N–H and O–H groups in total. The van der Waals surface area contributed by atoms with E-state index in [4.69, 9.17) is 15.9 Å². The van der Waals surface area contributed by atoms with Gasteiger partial charge >= 0.3 is 0 Å². The number of fused-ring (bicyclic) bond motifs is 1. The normalized spacial score (nSPS) is 10.8. The molecule has 0 radical (unpaired) electrons. The number of pyridine rings is 1. The summed E-state index contributed by atoms with van der Waals surface area (Å²) in [6.07, 6.45) is 1.50. The average molecular weight is 403 g/mol. The number of nitrogens with zero attached hydrogens (tertiary/aromatic N) is 2. The van der Waals surface area contributed by atoms with E-state index in [1.54, 1.807) is 12.1 Å². The number of carbonyl (C=O) groups is 1. The van der Waals surface area contributed by atoms with Gasteiger partial charge < -0.3 is 21.2 Å². The molecular weight excluding hydrogens is 386 g/mol. The molecule has 3 aromatic heterocycles. The van der Waals surface area contributed by atoms with Gasteiger partial charge in [0.25, 0.3) is 5.91 Å². The molecular formula is C21H17N5O2S. The van der Waals surface area contributed by atoms with Crippen molar-refractivity contribution in [2.24, 2.45) is 0 Å². The van der Waals surface area contributed by atoms with Gasteiger partial charge in [-0.05, 0) is 24.6 Å². The summed E-state index contributed by atoms with van der Waals surface area (Å²) in [6, 6.07) is 13.4. The van der Waals surface area contributed by atoms with Crippen molar-refractivity contribution in [1.82, 2.24) is 10.3 Å². The van der Waals surface area contributed by atoms with E-state index in [-0.39, 0.29) is 23.0 Å². The summed E-state index contributed by atoms with van der Waals surface area (Å²) in [6.45, 7) is 2.38. The second kappa shape index (κ2) is 7.30. The third-order valence-electron chi connectivity index (χ3n) is 4.56. The lowest BCUT2D eigenvalue weighted by atomic mass is 10.0. The molecule has 3 heterocycles. The minimum Gasteiger partial charge on any atom is -0.464 e. The first-order valence-electron chi connectivity index (χ1n) is 8.78. The first-order chi connectivity index (χ1) is 14.0. The van der Waals surface area contributed by atoms with Crippen LogP contribution in [0.4, 0.5) is 11.5 Å². The molecule has 1 aromatic carbocycles. The van der Waals surface area contributed by atoms with Crippen molar-refractivity contribution in [2.75, 3.05) is 11.5 Å². The van der Waals surface area contributed by atoms with E-state index in [0.717, 1.165) is 22.5 Å². The predicted octanol–water partition coefficient (Wildman–Crippen LogP) is 3.83. The second-order valence-electron chi connectivity index (χ2n) is 6.53. The van der Waals surface area contributed by atoms with Crippen molar-refractivity contribution < 1.29 is 9.21 Å². The lowest BCUT2D eigenvalue weighted by Crippen LogP contribution is -2.22. The zero-order valence-corrected chi connectivity index (χ0v) is 16.3. The number of furan rings is 1. The predicted molar refractivity (Wildman–Crippen MR) is 113 cm³/mol. The highest BCUT2D eigenvalue weighted by Crippen LogP contribution is 2.42. The topological polar surface area (TPSA) is 131 Å². The minimum atomic E-state index is -0.312. The number of aryl methyl sites for hydroxylation is 1. The maximum Gasteiger partial charge on any atom is 0.263 e. The van der Waals surface area contributed by atoms with Gasteiger partial charge in [0.05, 0.1) is 17.5 Å². The van der Waals surface area contributed by atoms with Crippen LogP contribution in [-0.4, -0.2) is 10.9 Å². The summed E-state index contributed by atoms with van der Waals surface area (Å²) in [5.74, 6) is 0.199. The molecule has 4 rings (SSSR count). The fraction of sp³-hybridized carbons (Fsp3) is 0.0952. The molecule has 0 aliphatic carbocycles. The number of benzene rings is 1. The van der Waals surface area contributed by atoms with Crippen LogP contribution in [0.3, 0.4) is 0 Å². The Bertz CT molecular complexity index is 1250. The Morgan fingerprint density at radius 1 is 1.28 bits per heavy atom. The average Bonchev–Trinajstić information content (AvgIpc) is 3.35.